The van der Waals surface area contributed by atoms with Crippen LogP contribution in [0.25, 0.3) is 6.08 Å². The van der Waals surface area contributed by atoms with E-state index in [1.807, 2.05) is 32.9 Å². The Morgan fingerprint density at radius 1 is 1.24 bits per heavy atom. The fourth-order valence-corrected chi connectivity index (χ4v) is 3.57. The molecule has 2 aliphatic heterocycles. The topological polar surface area (TPSA) is 54.0 Å². The minimum absolute atomic E-state index is 0.158. The molecule has 0 aliphatic carbocycles. The monoisotopic (exact) mass is 412 g/mol. The standard InChI is InChI=1S/C23H21ClO5/c1-13(2)4-5-27-18-6-14(3)21-19(10-18)29-20(22(21)25)9-15-7-17(24)8-16-11-26-12-28-23(15)16/h4,6-10H,5,11-12H2,1-3H3/b20-9-. The fraction of sp³-hybridized carbons (Fsp3) is 0.261. The lowest BCUT2D eigenvalue weighted by Gasteiger charge is -2.20. The van der Waals surface area contributed by atoms with Crippen LogP contribution in [0.4, 0.5) is 0 Å². The number of rotatable bonds is 4. The molecule has 5 nitrogen and oxygen atoms in total. The summed E-state index contributed by atoms with van der Waals surface area (Å²) in [5.41, 5.74) is 4.05. The first kappa shape index (κ1) is 19.6. The summed E-state index contributed by atoms with van der Waals surface area (Å²) < 4.78 is 22.6. The highest BCUT2D eigenvalue weighted by Crippen LogP contribution is 2.39. The highest BCUT2D eigenvalue weighted by molar-refractivity contribution is 6.31. The molecule has 6 heteroatoms. The highest BCUT2D eigenvalue weighted by Gasteiger charge is 2.30. The summed E-state index contributed by atoms with van der Waals surface area (Å²) in [5, 5.41) is 0.541. The Morgan fingerprint density at radius 2 is 2.07 bits per heavy atom. The number of halogens is 1. The molecule has 2 heterocycles. The van der Waals surface area contributed by atoms with Crippen molar-refractivity contribution in [3.05, 3.63) is 69.0 Å². The molecule has 2 aromatic carbocycles. The number of carbonyl (C=O) groups is 1. The second kappa shape index (κ2) is 7.93. The molecule has 2 aromatic rings. The number of fused-ring (bicyclic) bond motifs is 2. The summed E-state index contributed by atoms with van der Waals surface area (Å²) in [7, 11) is 0. The second-order valence-electron chi connectivity index (χ2n) is 7.24. The van der Waals surface area contributed by atoms with E-state index in [0.717, 1.165) is 11.1 Å². The van der Waals surface area contributed by atoms with E-state index in [2.05, 4.69) is 0 Å². The SMILES string of the molecule is CC(C)=CCOc1cc(C)c2c(c1)O/C(=C\c1cc(Cl)cc3c1OCOC3)C2=O. The van der Waals surface area contributed by atoms with Crippen LogP contribution in [0.5, 0.6) is 17.2 Å². The number of allylic oxidation sites excluding steroid dienone is 2. The molecular weight excluding hydrogens is 392 g/mol. The van der Waals surface area contributed by atoms with Crippen molar-refractivity contribution in [1.82, 2.24) is 0 Å². The molecule has 0 bridgehead atoms. The van der Waals surface area contributed by atoms with Gasteiger partial charge in [-0.25, -0.2) is 0 Å². The second-order valence-corrected chi connectivity index (χ2v) is 7.68. The molecule has 150 valence electrons. The maximum absolute atomic E-state index is 12.9. The number of carbonyl (C=O) groups excluding carboxylic acids is 1. The molecule has 29 heavy (non-hydrogen) atoms. The van der Waals surface area contributed by atoms with Crippen LogP contribution in [0.1, 0.15) is 40.9 Å². The number of hydrogen-bond acceptors (Lipinski definition) is 5. The van der Waals surface area contributed by atoms with E-state index in [1.165, 1.54) is 5.57 Å². The van der Waals surface area contributed by atoms with E-state index >= 15 is 0 Å². The molecule has 0 amide bonds. The fourth-order valence-electron chi connectivity index (χ4n) is 3.32. The lowest BCUT2D eigenvalue weighted by molar-refractivity contribution is -0.0165. The van der Waals surface area contributed by atoms with Crippen molar-refractivity contribution in [2.75, 3.05) is 13.4 Å². The Balaban J connectivity index is 1.66. The maximum atomic E-state index is 12.9. The number of ether oxygens (including phenoxy) is 4. The van der Waals surface area contributed by atoms with Gasteiger partial charge >= 0.3 is 0 Å². The first-order valence-electron chi connectivity index (χ1n) is 9.30. The van der Waals surface area contributed by atoms with Gasteiger partial charge in [0.1, 0.15) is 23.9 Å². The molecule has 0 fully saturated rings. The van der Waals surface area contributed by atoms with Gasteiger partial charge in [0.15, 0.2) is 12.6 Å². The summed E-state index contributed by atoms with van der Waals surface area (Å²) in [6, 6.07) is 7.14. The first-order valence-corrected chi connectivity index (χ1v) is 9.68. The van der Waals surface area contributed by atoms with E-state index in [4.69, 9.17) is 30.5 Å². The van der Waals surface area contributed by atoms with Gasteiger partial charge in [0.25, 0.3) is 0 Å². The third kappa shape index (κ3) is 4.02. The molecule has 0 saturated carbocycles. The van der Waals surface area contributed by atoms with E-state index < -0.39 is 0 Å². The largest absolute Gasteiger partial charge is 0.489 e. The predicted octanol–water partition coefficient (Wildman–Crippen LogP) is 5.48. The van der Waals surface area contributed by atoms with Crippen LogP contribution in [0.15, 0.2) is 41.7 Å². The summed E-state index contributed by atoms with van der Waals surface area (Å²) in [6.45, 7) is 6.93. The summed E-state index contributed by atoms with van der Waals surface area (Å²) in [6.07, 6.45) is 3.66. The number of ketones is 1. The average Bonchev–Trinajstić information content (AvgIpc) is 2.97. The van der Waals surface area contributed by atoms with Gasteiger partial charge in [-0.15, -0.1) is 0 Å². The van der Waals surface area contributed by atoms with Gasteiger partial charge in [0.2, 0.25) is 5.78 Å². The number of hydrogen-bond donors (Lipinski definition) is 0. The van der Waals surface area contributed by atoms with Crippen molar-refractivity contribution in [2.45, 2.75) is 27.4 Å². The molecular formula is C23H21ClO5. The van der Waals surface area contributed by atoms with Crippen molar-refractivity contribution in [3.8, 4) is 17.2 Å². The van der Waals surface area contributed by atoms with Crippen molar-refractivity contribution in [3.63, 3.8) is 0 Å². The molecule has 4 rings (SSSR count). The van der Waals surface area contributed by atoms with E-state index in [0.29, 0.717) is 46.6 Å². The highest BCUT2D eigenvalue weighted by atomic mass is 35.5. The zero-order chi connectivity index (χ0) is 20.5. The van der Waals surface area contributed by atoms with Crippen molar-refractivity contribution in [1.29, 1.82) is 0 Å². The van der Waals surface area contributed by atoms with Gasteiger partial charge in [0, 0.05) is 22.2 Å². The van der Waals surface area contributed by atoms with Gasteiger partial charge in [-0.2, -0.15) is 0 Å². The quantitative estimate of drug-likeness (QED) is 0.492. The Labute approximate surface area is 174 Å². The van der Waals surface area contributed by atoms with Gasteiger partial charge in [-0.1, -0.05) is 17.2 Å². The van der Waals surface area contributed by atoms with Gasteiger partial charge < -0.3 is 18.9 Å². The third-order valence-corrected chi connectivity index (χ3v) is 4.89. The van der Waals surface area contributed by atoms with Gasteiger partial charge in [-0.05, 0) is 56.7 Å². The van der Waals surface area contributed by atoms with Crippen molar-refractivity contribution < 1.29 is 23.7 Å². The molecule has 0 unspecified atom stereocenters. The summed E-state index contributed by atoms with van der Waals surface area (Å²) in [5.74, 6) is 1.86. The zero-order valence-corrected chi connectivity index (χ0v) is 17.3. The molecule has 0 radical (unpaired) electrons. The third-order valence-electron chi connectivity index (χ3n) is 4.68. The van der Waals surface area contributed by atoms with Crippen LogP contribution in [0.3, 0.4) is 0 Å². The lowest BCUT2D eigenvalue weighted by Crippen LogP contribution is -2.12. The van der Waals surface area contributed by atoms with Crippen LogP contribution in [-0.4, -0.2) is 19.2 Å². The molecule has 0 aromatic heterocycles. The van der Waals surface area contributed by atoms with Crippen LogP contribution < -0.4 is 14.2 Å². The van der Waals surface area contributed by atoms with E-state index in [-0.39, 0.29) is 18.3 Å². The minimum atomic E-state index is -0.172. The van der Waals surface area contributed by atoms with Crippen LogP contribution >= 0.6 is 11.6 Å². The zero-order valence-electron chi connectivity index (χ0n) is 16.5. The Hall–Kier alpha value is -2.76. The van der Waals surface area contributed by atoms with Gasteiger partial charge in [0.05, 0.1) is 12.2 Å². The minimum Gasteiger partial charge on any atom is -0.489 e. The lowest BCUT2D eigenvalue weighted by atomic mass is 10.0. The summed E-state index contributed by atoms with van der Waals surface area (Å²) >= 11 is 6.22. The average molecular weight is 413 g/mol. The molecule has 2 aliphatic rings. The maximum Gasteiger partial charge on any atom is 0.232 e. The normalized spacial score (nSPS) is 16.0. The Morgan fingerprint density at radius 3 is 2.86 bits per heavy atom. The number of Topliss-reactive ketones (excluding diaryl/α,β-unsaturated/α-hetero) is 1. The van der Waals surface area contributed by atoms with Crippen LogP contribution in [0.2, 0.25) is 5.02 Å². The van der Waals surface area contributed by atoms with Crippen LogP contribution in [-0.2, 0) is 11.3 Å². The predicted molar refractivity (Wildman–Crippen MR) is 111 cm³/mol. The first-order chi connectivity index (χ1) is 13.9. The number of benzene rings is 2. The molecule has 0 saturated heterocycles. The van der Waals surface area contributed by atoms with E-state index in [9.17, 15) is 4.79 Å². The van der Waals surface area contributed by atoms with Gasteiger partial charge in [-0.3, -0.25) is 4.79 Å². The van der Waals surface area contributed by atoms with Crippen LogP contribution in [0, 0.1) is 6.92 Å². The number of aryl methyl sites for hydroxylation is 1. The molecule has 0 N–H and O–H groups in total. The molecule has 0 atom stereocenters. The van der Waals surface area contributed by atoms with Crippen molar-refractivity contribution in [2.24, 2.45) is 0 Å². The van der Waals surface area contributed by atoms with E-state index in [1.54, 1.807) is 24.3 Å². The smallest absolute Gasteiger partial charge is 0.232 e. The Kier molecular flexibility index (Phi) is 5.35. The van der Waals surface area contributed by atoms with Crippen molar-refractivity contribution >= 4 is 23.5 Å². The molecule has 0 spiro atoms. The Bertz CT molecular complexity index is 1050. The summed E-state index contributed by atoms with van der Waals surface area (Å²) in [4.78, 5) is 12.9.